The lowest BCUT2D eigenvalue weighted by Gasteiger charge is -2.24. The average Bonchev–Trinajstić information content (AvgIpc) is 2.63. The van der Waals surface area contributed by atoms with Crippen LogP contribution in [0.2, 0.25) is 0 Å². The van der Waals surface area contributed by atoms with Gasteiger partial charge in [-0.1, -0.05) is 66.7 Å². The summed E-state index contributed by atoms with van der Waals surface area (Å²) in [6.07, 6.45) is 0.812. The summed E-state index contributed by atoms with van der Waals surface area (Å²) in [7, 11) is 3.68. The second-order valence-electron chi connectivity index (χ2n) is 5.76. The molecule has 0 spiro atoms. The fraction of sp³-hybridized carbons (Fsp3) is 0.0952. The molecular weight excluding hydrogens is 296 g/mol. The van der Waals surface area contributed by atoms with E-state index < -0.39 is 0 Å². The van der Waals surface area contributed by atoms with Gasteiger partial charge in [-0.2, -0.15) is 0 Å². The molecule has 0 aliphatic rings. The normalized spacial score (nSPS) is 10.6. The molecule has 3 rings (SSSR count). The van der Waals surface area contributed by atoms with Gasteiger partial charge in [0.15, 0.2) is 0 Å². The summed E-state index contributed by atoms with van der Waals surface area (Å²) in [5.74, 6) is 0. The standard InChI is InChI=1S/C21H20N2O/c1-22(2)23(16-24)19-14-12-18(13-15-19)21-11-7-6-10-20(21)17-8-4-3-5-9-17/h3-16H,1-2H3. The molecule has 0 radical (unpaired) electrons. The molecule has 0 unspecified atom stereocenters. The van der Waals surface area contributed by atoms with Gasteiger partial charge in [-0.05, 0) is 34.4 Å². The zero-order valence-corrected chi connectivity index (χ0v) is 13.9. The van der Waals surface area contributed by atoms with Gasteiger partial charge < -0.3 is 0 Å². The second-order valence-corrected chi connectivity index (χ2v) is 5.76. The van der Waals surface area contributed by atoms with E-state index in [0.717, 1.165) is 17.7 Å². The predicted octanol–water partition coefficient (Wildman–Crippen LogP) is 4.46. The van der Waals surface area contributed by atoms with Gasteiger partial charge in [0.05, 0.1) is 5.69 Å². The van der Waals surface area contributed by atoms with Gasteiger partial charge >= 0.3 is 0 Å². The summed E-state index contributed by atoms with van der Waals surface area (Å²) in [4.78, 5) is 11.2. The van der Waals surface area contributed by atoms with Crippen molar-refractivity contribution in [3.8, 4) is 22.3 Å². The lowest BCUT2D eigenvalue weighted by molar-refractivity contribution is -0.109. The van der Waals surface area contributed by atoms with Crippen molar-refractivity contribution in [2.45, 2.75) is 0 Å². The second kappa shape index (κ2) is 7.11. The van der Waals surface area contributed by atoms with Crippen LogP contribution in [0.15, 0.2) is 78.9 Å². The van der Waals surface area contributed by atoms with E-state index in [1.165, 1.54) is 16.7 Å². The summed E-state index contributed by atoms with van der Waals surface area (Å²) in [6.45, 7) is 0. The maximum atomic E-state index is 11.2. The van der Waals surface area contributed by atoms with Crippen LogP contribution in [0.3, 0.4) is 0 Å². The summed E-state index contributed by atoms with van der Waals surface area (Å²) < 4.78 is 0. The first-order chi connectivity index (χ1) is 11.7. The van der Waals surface area contributed by atoms with Crippen molar-refractivity contribution in [3.63, 3.8) is 0 Å². The van der Waals surface area contributed by atoms with Crippen molar-refractivity contribution < 1.29 is 4.79 Å². The number of benzene rings is 3. The largest absolute Gasteiger partial charge is 0.277 e. The van der Waals surface area contributed by atoms with Gasteiger partial charge in [-0.3, -0.25) is 4.79 Å². The van der Waals surface area contributed by atoms with Crippen LogP contribution in [0.1, 0.15) is 0 Å². The maximum Gasteiger partial charge on any atom is 0.228 e. The Bertz CT molecular complexity index is 811. The Hall–Kier alpha value is -2.91. The number of carbonyl (C=O) groups is 1. The fourth-order valence-corrected chi connectivity index (χ4v) is 2.78. The quantitative estimate of drug-likeness (QED) is 0.512. The van der Waals surface area contributed by atoms with Gasteiger partial charge in [0.2, 0.25) is 6.41 Å². The molecule has 0 saturated heterocycles. The van der Waals surface area contributed by atoms with E-state index >= 15 is 0 Å². The molecule has 0 aliphatic carbocycles. The molecule has 24 heavy (non-hydrogen) atoms. The number of amides is 1. The van der Waals surface area contributed by atoms with Gasteiger partial charge in [-0.25, -0.2) is 10.0 Å². The molecule has 3 aromatic rings. The van der Waals surface area contributed by atoms with Crippen molar-refractivity contribution in [1.29, 1.82) is 0 Å². The minimum Gasteiger partial charge on any atom is -0.277 e. The van der Waals surface area contributed by atoms with E-state index in [9.17, 15) is 4.79 Å². The summed E-state index contributed by atoms with van der Waals surface area (Å²) in [5.41, 5.74) is 5.54. The Kier molecular flexibility index (Phi) is 4.73. The van der Waals surface area contributed by atoms with Crippen molar-refractivity contribution in [3.05, 3.63) is 78.9 Å². The van der Waals surface area contributed by atoms with Gasteiger partial charge in [0.25, 0.3) is 0 Å². The number of hydrogen-bond acceptors (Lipinski definition) is 2. The van der Waals surface area contributed by atoms with Crippen LogP contribution in [-0.2, 0) is 4.79 Å². The number of hydrogen-bond donors (Lipinski definition) is 0. The van der Waals surface area contributed by atoms with Gasteiger partial charge in [-0.15, -0.1) is 0 Å². The fourth-order valence-electron chi connectivity index (χ4n) is 2.78. The Morgan fingerprint density at radius 1 is 0.667 bits per heavy atom. The van der Waals surface area contributed by atoms with Crippen LogP contribution in [0.4, 0.5) is 5.69 Å². The number of rotatable bonds is 5. The summed E-state index contributed by atoms with van der Waals surface area (Å²) in [5, 5.41) is 3.31. The Morgan fingerprint density at radius 2 is 1.17 bits per heavy atom. The molecule has 0 bridgehead atoms. The smallest absolute Gasteiger partial charge is 0.228 e. The highest BCUT2D eigenvalue weighted by Gasteiger charge is 2.10. The first-order valence-electron chi connectivity index (χ1n) is 7.87. The number of hydrazine groups is 1. The number of nitrogens with zero attached hydrogens (tertiary/aromatic N) is 2. The van der Waals surface area contributed by atoms with E-state index in [-0.39, 0.29) is 0 Å². The molecular formula is C21H20N2O. The maximum absolute atomic E-state index is 11.2. The molecule has 0 saturated carbocycles. The molecule has 0 N–H and O–H groups in total. The lowest BCUT2D eigenvalue weighted by atomic mass is 9.94. The van der Waals surface area contributed by atoms with Crippen LogP contribution in [0.5, 0.6) is 0 Å². The molecule has 0 atom stereocenters. The van der Waals surface area contributed by atoms with E-state index in [1.807, 2.05) is 50.5 Å². The third-order valence-corrected chi connectivity index (χ3v) is 3.99. The molecule has 3 nitrogen and oxygen atoms in total. The summed E-state index contributed by atoms with van der Waals surface area (Å²) in [6, 6.07) is 26.8. The monoisotopic (exact) mass is 316 g/mol. The van der Waals surface area contributed by atoms with E-state index in [0.29, 0.717) is 0 Å². The zero-order chi connectivity index (χ0) is 16.9. The van der Waals surface area contributed by atoms with Crippen LogP contribution in [0.25, 0.3) is 22.3 Å². The minimum absolute atomic E-state index is 0.812. The van der Waals surface area contributed by atoms with Gasteiger partial charge in [0.1, 0.15) is 0 Å². The minimum atomic E-state index is 0.812. The van der Waals surface area contributed by atoms with Crippen molar-refractivity contribution in [2.75, 3.05) is 19.1 Å². The van der Waals surface area contributed by atoms with E-state index in [1.54, 1.807) is 10.0 Å². The molecule has 0 aliphatic heterocycles. The summed E-state index contributed by atoms with van der Waals surface area (Å²) >= 11 is 0. The predicted molar refractivity (Wildman–Crippen MR) is 99.5 cm³/mol. The third kappa shape index (κ3) is 3.21. The zero-order valence-electron chi connectivity index (χ0n) is 13.9. The highest BCUT2D eigenvalue weighted by atomic mass is 16.1. The Balaban J connectivity index is 2.00. The third-order valence-electron chi connectivity index (χ3n) is 3.99. The SMILES string of the molecule is CN(C)N(C=O)c1ccc(-c2ccccc2-c2ccccc2)cc1. The van der Waals surface area contributed by atoms with Crippen molar-refractivity contribution in [1.82, 2.24) is 5.01 Å². The van der Waals surface area contributed by atoms with E-state index in [4.69, 9.17) is 0 Å². The lowest BCUT2D eigenvalue weighted by Crippen LogP contribution is -2.35. The van der Waals surface area contributed by atoms with Gasteiger partial charge in [0, 0.05) is 14.1 Å². The molecule has 0 aromatic heterocycles. The molecule has 3 aromatic carbocycles. The van der Waals surface area contributed by atoms with Crippen LogP contribution >= 0.6 is 0 Å². The van der Waals surface area contributed by atoms with Crippen LogP contribution < -0.4 is 5.01 Å². The Labute approximate surface area is 142 Å². The topological polar surface area (TPSA) is 23.6 Å². The first kappa shape index (κ1) is 16.0. The van der Waals surface area contributed by atoms with Crippen LogP contribution in [-0.4, -0.2) is 25.5 Å². The molecule has 3 heteroatoms. The van der Waals surface area contributed by atoms with Crippen molar-refractivity contribution >= 4 is 12.1 Å². The molecule has 120 valence electrons. The number of anilines is 1. The Morgan fingerprint density at radius 3 is 1.67 bits per heavy atom. The molecule has 1 amide bonds. The average molecular weight is 316 g/mol. The first-order valence-corrected chi connectivity index (χ1v) is 7.87. The molecule has 0 fully saturated rings. The highest BCUT2D eigenvalue weighted by Crippen LogP contribution is 2.32. The number of carbonyl (C=O) groups excluding carboxylic acids is 1. The van der Waals surface area contributed by atoms with Crippen LogP contribution in [0, 0.1) is 0 Å². The molecule has 0 heterocycles. The van der Waals surface area contributed by atoms with E-state index in [2.05, 4.69) is 42.5 Å². The van der Waals surface area contributed by atoms with Crippen molar-refractivity contribution in [2.24, 2.45) is 0 Å². The highest BCUT2D eigenvalue weighted by molar-refractivity contribution is 5.84.